The molecule has 0 bridgehead atoms. The molecule has 0 fully saturated rings. The van der Waals surface area contributed by atoms with Crippen molar-refractivity contribution in [2.45, 2.75) is 13.8 Å². The molecule has 0 spiro atoms. The molecule has 0 N–H and O–H groups in total. The van der Waals surface area contributed by atoms with E-state index in [1.165, 1.54) is 65.7 Å². The largest absolute Gasteiger partial charge is 0.261 e. The van der Waals surface area contributed by atoms with Gasteiger partial charge >= 0.3 is 0 Å². The van der Waals surface area contributed by atoms with Gasteiger partial charge in [0.15, 0.2) is 0 Å². The lowest BCUT2D eigenvalue weighted by Gasteiger charge is -2.19. The number of hydrogen-bond acceptors (Lipinski definition) is 2. The molecule has 0 aliphatic rings. The first-order chi connectivity index (χ1) is 21.6. The van der Waals surface area contributed by atoms with Crippen molar-refractivity contribution in [1.29, 1.82) is 0 Å². The molecule has 2 heteroatoms. The molecule has 0 radical (unpaired) electrons. The maximum atomic E-state index is 4.64. The van der Waals surface area contributed by atoms with Gasteiger partial charge in [-0.1, -0.05) is 109 Å². The number of rotatable bonds is 4. The van der Waals surface area contributed by atoms with Crippen molar-refractivity contribution < 1.29 is 0 Å². The second-order valence-corrected chi connectivity index (χ2v) is 11.5. The smallest absolute Gasteiger partial charge is 0.0373 e. The van der Waals surface area contributed by atoms with E-state index in [2.05, 4.69) is 143 Å². The zero-order valence-corrected chi connectivity index (χ0v) is 24.8. The van der Waals surface area contributed by atoms with E-state index in [1.807, 2.05) is 26.2 Å². The highest BCUT2D eigenvalue weighted by atomic mass is 14.7. The van der Waals surface area contributed by atoms with Gasteiger partial charge in [0.2, 0.25) is 0 Å². The minimum absolute atomic E-state index is 1.02. The predicted octanol–water partition coefficient (Wildman–Crippen LogP) is 11.2. The summed E-state index contributed by atoms with van der Waals surface area (Å²) in [6.07, 6.45) is 3.95. The van der Waals surface area contributed by atoms with E-state index in [4.69, 9.17) is 0 Å². The SMILES string of the molecule is Cc1ccc(-c2ccc(-c3c4ccccc4c(-c4cc(-c5ccc(C)nc5)c5ccccc5c4)c4ccccc34)cc2)cn1. The Morgan fingerprint density at radius 1 is 0.364 bits per heavy atom. The molecule has 44 heavy (non-hydrogen) atoms. The molecule has 0 atom stereocenters. The maximum absolute atomic E-state index is 4.64. The summed E-state index contributed by atoms with van der Waals surface area (Å²) < 4.78 is 0. The van der Waals surface area contributed by atoms with E-state index in [-0.39, 0.29) is 0 Å². The average Bonchev–Trinajstić information content (AvgIpc) is 3.07. The van der Waals surface area contributed by atoms with Gasteiger partial charge < -0.3 is 0 Å². The Bertz CT molecular complexity index is 2260. The molecular formula is C42H30N2. The fourth-order valence-electron chi connectivity index (χ4n) is 6.54. The standard InChI is InChI=1S/C42H30N2/c1-27-15-17-32(25-43-27)29-19-21-30(22-20-29)41-36-11-5-7-13-38(36)42(39-14-8-6-12-37(39)41)34-23-31-9-3-4-10-35(31)40(24-34)33-18-16-28(2)44-26-33/h3-26H,1-2H3. The second-order valence-electron chi connectivity index (χ2n) is 11.5. The van der Waals surface area contributed by atoms with Crippen molar-refractivity contribution in [2.75, 3.05) is 0 Å². The van der Waals surface area contributed by atoms with E-state index in [9.17, 15) is 0 Å². The van der Waals surface area contributed by atoms with Crippen LogP contribution in [-0.2, 0) is 0 Å². The predicted molar refractivity (Wildman–Crippen MR) is 186 cm³/mol. The van der Waals surface area contributed by atoms with Crippen LogP contribution in [0.4, 0.5) is 0 Å². The van der Waals surface area contributed by atoms with Crippen molar-refractivity contribution in [3.05, 3.63) is 157 Å². The molecule has 0 saturated heterocycles. The van der Waals surface area contributed by atoms with E-state index in [1.54, 1.807) is 0 Å². The minimum Gasteiger partial charge on any atom is -0.261 e. The number of aromatic nitrogens is 2. The van der Waals surface area contributed by atoms with Crippen LogP contribution in [0.25, 0.3) is 76.8 Å². The van der Waals surface area contributed by atoms with Crippen LogP contribution in [0, 0.1) is 13.8 Å². The summed E-state index contributed by atoms with van der Waals surface area (Å²) in [4.78, 5) is 9.14. The molecule has 0 unspecified atom stereocenters. The summed E-state index contributed by atoms with van der Waals surface area (Å²) in [5.41, 5.74) is 11.6. The second kappa shape index (κ2) is 10.6. The third-order valence-corrected chi connectivity index (χ3v) is 8.72. The molecule has 8 rings (SSSR count). The highest BCUT2D eigenvalue weighted by Gasteiger charge is 2.18. The topological polar surface area (TPSA) is 25.8 Å². The van der Waals surface area contributed by atoms with Crippen molar-refractivity contribution in [3.63, 3.8) is 0 Å². The average molecular weight is 563 g/mol. The van der Waals surface area contributed by atoms with Crippen LogP contribution in [0.3, 0.4) is 0 Å². The lowest BCUT2D eigenvalue weighted by molar-refractivity contribution is 1.20. The van der Waals surface area contributed by atoms with Gasteiger partial charge in [0.1, 0.15) is 0 Å². The van der Waals surface area contributed by atoms with Gasteiger partial charge in [0, 0.05) is 34.9 Å². The fraction of sp³-hybridized carbons (Fsp3) is 0.0476. The molecule has 0 aliphatic carbocycles. The van der Waals surface area contributed by atoms with Crippen LogP contribution in [0.15, 0.2) is 146 Å². The first-order valence-electron chi connectivity index (χ1n) is 15.1. The van der Waals surface area contributed by atoms with Crippen molar-refractivity contribution in [3.8, 4) is 44.5 Å². The zero-order chi connectivity index (χ0) is 29.6. The Morgan fingerprint density at radius 3 is 1.36 bits per heavy atom. The fourth-order valence-corrected chi connectivity index (χ4v) is 6.54. The number of pyridine rings is 2. The van der Waals surface area contributed by atoms with E-state index < -0.39 is 0 Å². The summed E-state index contributed by atoms with van der Waals surface area (Å²) in [6.45, 7) is 4.05. The summed E-state index contributed by atoms with van der Waals surface area (Å²) >= 11 is 0. The molecule has 208 valence electrons. The van der Waals surface area contributed by atoms with Gasteiger partial charge in [-0.3, -0.25) is 9.97 Å². The molecule has 0 aliphatic heterocycles. The van der Waals surface area contributed by atoms with Gasteiger partial charge in [-0.05, 0) is 104 Å². The first kappa shape index (κ1) is 26.1. The third-order valence-electron chi connectivity index (χ3n) is 8.72. The Kier molecular flexibility index (Phi) is 6.27. The van der Waals surface area contributed by atoms with E-state index >= 15 is 0 Å². The van der Waals surface area contributed by atoms with Crippen LogP contribution >= 0.6 is 0 Å². The van der Waals surface area contributed by atoms with Crippen LogP contribution in [0.2, 0.25) is 0 Å². The van der Waals surface area contributed by atoms with E-state index in [0.717, 1.165) is 22.5 Å². The quantitative estimate of drug-likeness (QED) is 0.199. The molecule has 2 aromatic heterocycles. The molecule has 2 heterocycles. The lowest BCUT2D eigenvalue weighted by Crippen LogP contribution is -1.92. The summed E-state index contributed by atoms with van der Waals surface area (Å²) in [5.74, 6) is 0. The van der Waals surface area contributed by atoms with Crippen LogP contribution < -0.4 is 0 Å². The number of nitrogens with zero attached hydrogens (tertiary/aromatic N) is 2. The Balaban J connectivity index is 1.38. The Hall–Kier alpha value is -5.60. The Morgan fingerprint density at radius 2 is 0.818 bits per heavy atom. The van der Waals surface area contributed by atoms with Crippen molar-refractivity contribution >= 4 is 32.3 Å². The monoisotopic (exact) mass is 562 g/mol. The summed E-state index contributed by atoms with van der Waals surface area (Å²) in [5, 5.41) is 7.44. The number of fused-ring (bicyclic) bond motifs is 3. The molecule has 8 aromatic rings. The summed E-state index contributed by atoms with van der Waals surface area (Å²) in [7, 11) is 0. The third kappa shape index (κ3) is 4.44. The number of aryl methyl sites for hydroxylation is 2. The normalized spacial score (nSPS) is 11.4. The lowest BCUT2D eigenvalue weighted by atomic mass is 9.84. The summed E-state index contributed by atoms with van der Waals surface area (Å²) in [6, 6.07) is 48.5. The van der Waals surface area contributed by atoms with Gasteiger partial charge in [-0.15, -0.1) is 0 Å². The zero-order valence-electron chi connectivity index (χ0n) is 24.8. The molecule has 2 nitrogen and oxygen atoms in total. The minimum atomic E-state index is 1.02. The molecular weight excluding hydrogens is 532 g/mol. The molecule has 0 saturated carbocycles. The van der Waals surface area contributed by atoms with Gasteiger partial charge in [-0.25, -0.2) is 0 Å². The Labute approximate surface area is 257 Å². The number of benzene rings is 6. The van der Waals surface area contributed by atoms with Crippen molar-refractivity contribution in [2.24, 2.45) is 0 Å². The van der Waals surface area contributed by atoms with Crippen LogP contribution in [-0.4, -0.2) is 9.97 Å². The van der Waals surface area contributed by atoms with Gasteiger partial charge in [0.05, 0.1) is 0 Å². The highest BCUT2D eigenvalue weighted by Crippen LogP contribution is 2.45. The van der Waals surface area contributed by atoms with Crippen molar-refractivity contribution in [1.82, 2.24) is 9.97 Å². The van der Waals surface area contributed by atoms with E-state index in [0.29, 0.717) is 0 Å². The van der Waals surface area contributed by atoms with Crippen LogP contribution in [0.5, 0.6) is 0 Å². The van der Waals surface area contributed by atoms with Gasteiger partial charge in [0.25, 0.3) is 0 Å². The van der Waals surface area contributed by atoms with Gasteiger partial charge in [-0.2, -0.15) is 0 Å². The first-order valence-corrected chi connectivity index (χ1v) is 15.1. The number of hydrogen-bond donors (Lipinski definition) is 0. The molecule has 6 aromatic carbocycles. The van der Waals surface area contributed by atoms with Crippen LogP contribution in [0.1, 0.15) is 11.4 Å². The maximum Gasteiger partial charge on any atom is 0.0373 e. The highest BCUT2D eigenvalue weighted by molar-refractivity contribution is 6.22. The molecule has 0 amide bonds.